The van der Waals surface area contributed by atoms with Crippen molar-refractivity contribution in [2.75, 3.05) is 18.5 Å². The monoisotopic (exact) mass is 636 g/mol. The number of hydrogen-bond acceptors (Lipinski definition) is 5. The number of amides is 3. The van der Waals surface area contributed by atoms with Gasteiger partial charge < -0.3 is 20.6 Å². The van der Waals surface area contributed by atoms with E-state index >= 15 is 0 Å². The summed E-state index contributed by atoms with van der Waals surface area (Å²) in [5.74, 6) is -1.53. The maximum atomic E-state index is 14.1. The Morgan fingerprint density at radius 2 is 1.76 bits per heavy atom. The molecule has 12 heteroatoms. The van der Waals surface area contributed by atoms with E-state index in [2.05, 4.69) is 26.6 Å². The summed E-state index contributed by atoms with van der Waals surface area (Å²) in [6.45, 7) is 6.98. The van der Waals surface area contributed by atoms with Crippen molar-refractivity contribution in [1.82, 2.24) is 15.5 Å². The maximum Gasteiger partial charge on any atom is 0.417 e. The van der Waals surface area contributed by atoms with Crippen molar-refractivity contribution < 1.29 is 32.7 Å². The predicted molar refractivity (Wildman–Crippen MR) is 151 cm³/mol. The average Bonchev–Trinajstić information content (AvgIpc) is 2.92. The van der Waals surface area contributed by atoms with Crippen LogP contribution in [0.15, 0.2) is 58.2 Å². The van der Waals surface area contributed by atoms with Crippen molar-refractivity contribution in [3.05, 3.63) is 74.9 Å². The van der Waals surface area contributed by atoms with Crippen LogP contribution in [0.25, 0.3) is 0 Å². The first-order valence-electron chi connectivity index (χ1n) is 13.1. The van der Waals surface area contributed by atoms with E-state index in [4.69, 9.17) is 0 Å². The Hall–Kier alpha value is -3.38. The van der Waals surface area contributed by atoms with Gasteiger partial charge >= 0.3 is 6.18 Å². The highest BCUT2D eigenvalue weighted by Gasteiger charge is 2.50. The summed E-state index contributed by atoms with van der Waals surface area (Å²) in [6.07, 6.45) is -5.55. The molecule has 2 aliphatic heterocycles. The molecule has 8 nitrogen and oxygen atoms in total. The number of aliphatic hydroxyl groups is 1. The van der Waals surface area contributed by atoms with Crippen LogP contribution in [-0.4, -0.2) is 59.1 Å². The Bertz CT molecular complexity index is 1410. The SMILES string of the molecule is CNC(=O)c1ccc(N2C(=O)C3=C(CN(C(=O)c4ccc(Br)c(C(F)(F)F)c4)[C@H](C)C3)NC2(C)[C@H](O)C(C)C)cc1. The summed E-state index contributed by atoms with van der Waals surface area (Å²) in [5, 5.41) is 17.2. The van der Waals surface area contributed by atoms with Crippen molar-refractivity contribution in [3.63, 3.8) is 0 Å². The first kappa shape index (κ1) is 30.6. The summed E-state index contributed by atoms with van der Waals surface area (Å²) in [6, 6.07) is 9.29. The maximum absolute atomic E-state index is 14.1. The molecule has 0 spiro atoms. The third-order valence-corrected chi connectivity index (χ3v) is 8.35. The molecule has 0 saturated heterocycles. The zero-order valence-electron chi connectivity index (χ0n) is 23.3. The minimum absolute atomic E-state index is 0.0532. The highest BCUT2D eigenvalue weighted by Crippen LogP contribution is 2.39. The second-order valence-electron chi connectivity index (χ2n) is 10.9. The molecule has 2 heterocycles. The van der Waals surface area contributed by atoms with E-state index < -0.39 is 35.5 Å². The number of rotatable bonds is 5. The Kier molecular flexibility index (Phi) is 8.30. The smallest absolute Gasteiger partial charge is 0.388 e. The standard InChI is InChI=1S/C29H32BrF3N4O4/c1-15(2)24(38)28(4)35-23-14-36(26(40)18-8-11-22(30)21(13-18)29(31,32)33)16(3)12-20(23)27(41)37(28)19-9-6-17(7-10-19)25(39)34-5/h6-11,13,15-16,24,35,38H,12,14H2,1-5H3,(H,34,39)/t16-,24-,28?/m1/s1. The van der Waals surface area contributed by atoms with Crippen molar-refractivity contribution in [3.8, 4) is 0 Å². The largest absolute Gasteiger partial charge is 0.417 e. The fraction of sp³-hybridized carbons (Fsp3) is 0.414. The van der Waals surface area contributed by atoms with Gasteiger partial charge in [-0.15, -0.1) is 0 Å². The van der Waals surface area contributed by atoms with Gasteiger partial charge in [0.15, 0.2) is 0 Å². The molecule has 0 aliphatic carbocycles. The molecular formula is C29H32BrF3N4O4. The van der Waals surface area contributed by atoms with E-state index in [1.165, 1.54) is 29.0 Å². The molecule has 0 aromatic heterocycles. The molecule has 2 aromatic rings. The third-order valence-electron chi connectivity index (χ3n) is 7.66. The van der Waals surface area contributed by atoms with Gasteiger partial charge in [-0.05, 0) is 68.7 Å². The minimum atomic E-state index is -4.65. The van der Waals surface area contributed by atoms with Crippen molar-refractivity contribution in [1.29, 1.82) is 0 Å². The number of halogens is 4. The summed E-state index contributed by atoms with van der Waals surface area (Å²) >= 11 is 2.90. The van der Waals surface area contributed by atoms with E-state index in [1.807, 2.05) is 13.8 Å². The Labute approximate surface area is 244 Å². The summed E-state index contributed by atoms with van der Waals surface area (Å²) in [7, 11) is 1.52. The van der Waals surface area contributed by atoms with Gasteiger partial charge in [0.05, 0.1) is 18.2 Å². The quantitative estimate of drug-likeness (QED) is 0.442. The zero-order chi connectivity index (χ0) is 30.4. The van der Waals surface area contributed by atoms with E-state index in [1.54, 1.807) is 38.1 Å². The van der Waals surface area contributed by atoms with Crippen LogP contribution in [0.5, 0.6) is 0 Å². The molecule has 1 unspecified atom stereocenters. The fourth-order valence-electron chi connectivity index (χ4n) is 5.45. The van der Waals surface area contributed by atoms with Gasteiger partial charge in [-0.2, -0.15) is 13.2 Å². The van der Waals surface area contributed by atoms with E-state index in [9.17, 15) is 32.7 Å². The Morgan fingerprint density at radius 3 is 2.32 bits per heavy atom. The first-order chi connectivity index (χ1) is 19.1. The molecule has 0 bridgehead atoms. The van der Waals surface area contributed by atoms with Gasteiger partial charge in [-0.1, -0.05) is 29.8 Å². The summed E-state index contributed by atoms with van der Waals surface area (Å²) in [4.78, 5) is 42.5. The molecule has 3 N–H and O–H groups in total. The molecule has 2 aliphatic rings. The number of anilines is 1. The predicted octanol–water partition coefficient (Wildman–Crippen LogP) is 4.69. The van der Waals surface area contributed by atoms with Crippen LogP contribution in [0, 0.1) is 5.92 Å². The highest BCUT2D eigenvalue weighted by atomic mass is 79.9. The first-order valence-corrected chi connectivity index (χ1v) is 13.9. The average molecular weight is 637 g/mol. The second kappa shape index (κ2) is 11.1. The molecule has 0 radical (unpaired) electrons. The number of benzene rings is 2. The number of alkyl halides is 3. The van der Waals surface area contributed by atoms with Gasteiger partial charge in [0.1, 0.15) is 5.66 Å². The number of carbonyl (C=O) groups is 3. The Balaban J connectivity index is 1.73. The van der Waals surface area contributed by atoms with Crippen molar-refractivity contribution >= 4 is 39.3 Å². The molecule has 3 amide bonds. The molecule has 0 saturated carbocycles. The number of nitrogens with one attached hydrogen (secondary N) is 2. The molecule has 2 aromatic carbocycles. The zero-order valence-corrected chi connectivity index (χ0v) is 24.9. The van der Waals surface area contributed by atoms with Gasteiger partial charge in [0.25, 0.3) is 17.7 Å². The van der Waals surface area contributed by atoms with Gasteiger partial charge in [0, 0.05) is 45.6 Å². The summed E-state index contributed by atoms with van der Waals surface area (Å²) < 4.78 is 40.3. The second-order valence-corrected chi connectivity index (χ2v) is 11.7. The van der Waals surface area contributed by atoms with Crippen LogP contribution >= 0.6 is 15.9 Å². The van der Waals surface area contributed by atoms with Crippen LogP contribution in [0.1, 0.15) is 60.4 Å². The number of nitrogens with zero attached hydrogens (tertiary/aromatic N) is 2. The van der Waals surface area contributed by atoms with E-state index in [-0.39, 0.29) is 40.7 Å². The van der Waals surface area contributed by atoms with Gasteiger partial charge in [-0.3, -0.25) is 19.3 Å². The number of hydrogen-bond donors (Lipinski definition) is 3. The highest BCUT2D eigenvalue weighted by molar-refractivity contribution is 9.10. The molecule has 41 heavy (non-hydrogen) atoms. The molecule has 4 rings (SSSR count). The molecule has 3 atom stereocenters. The van der Waals surface area contributed by atoms with E-state index in [0.717, 1.165) is 6.07 Å². The number of aliphatic hydroxyl groups excluding tert-OH is 1. The molecule has 220 valence electrons. The van der Waals surface area contributed by atoms with Crippen molar-refractivity contribution in [2.24, 2.45) is 5.92 Å². The van der Waals surface area contributed by atoms with Crippen molar-refractivity contribution in [2.45, 2.75) is 58.1 Å². The van der Waals surface area contributed by atoms with Crippen LogP contribution in [0.3, 0.4) is 0 Å². The third kappa shape index (κ3) is 5.59. The lowest BCUT2D eigenvalue weighted by Crippen LogP contribution is -2.71. The van der Waals surface area contributed by atoms with Crippen LogP contribution in [-0.2, 0) is 11.0 Å². The minimum Gasteiger partial charge on any atom is -0.388 e. The van der Waals surface area contributed by atoms with Gasteiger partial charge in [0.2, 0.25) is 0 Å². The van der Waals surface area contributed by atoms with Crippen LogP contribution < -0.4 is 15.5 Å². The van der Waals surface area contributed by atoms with E-state index in [0.29, 0.717) is 22.5 Å². The van der Waals surface area contributed by atoms with Gasteiger partial charge in [-0.25, -0.2) is 0 Å². The molecular weight excluding hydrogens is 605 g/mol. The molecule has 0 fully saturated rings. The van der Waals surface area contributed by atoms with Crippen LogP contribution in [0.2, 0.25) is 0 Å². The normalized spacial score (nSPS) is 21.9. The van der Waals surface area contributed by atoms with Crippen LogP contribution in [0.4, 0.5) is 18.9 Å². The summed E-state index contributed by atoms with van der Waals surface area (Å²) in [5.41, 5.74) is -0.709. The lowest BCUT2D eigenvalue weighted by Gasteiger charge is -2.52. The Morgan fingerprint density at radius 1 is 1.15 bits per heavy atom. The lowest BCUT2D eigenvalue weighted by atomic mass is 9.86. The number of carbonyl (C=O) groups excluding carboxylic acids is 3. The lowest BCUT2D eigenvalue weighted by molar-refractivity contribution is -0.138. The fourth-order valence-corrected chi connectivity index (χ4v) is 5.92. The topological polar surface area (TPSA) is 102 Å².